The molecule has 0 N–H and O–H groups in total. The molecule has 1 heterocycles. The Morgan fingerprint density at radius 3 is 2.61 bits per heavy atom. The number of carbonyl (C=O) groups excluding carboxylic acids is 2. The maximum atomic E-state index is 13.6. The molecule has 1 fully saturated rings. The highest BCUT2D eigenvalue weighted by Gasteiger charge is 2.28. The van der Waals surface area contributed by atoms with E-state index in [1.54, 1.807) is 54.4 Å². The van der Waals surface area contributed by atoms with Gasteiger partial charge in [-0.15, -0.1) is 0 Å². The Labute approximate surface area is 181 Å². The fraction of sp³-hybridized carbons (Fsp3) is 0.391. The summed E-state index contributed by atoms with van der Waals surface area (Å²) in [4.78, 5) is 29.1. The Hall–Kier alpha value is -2.97. The molecule has 0 radical (unpaired) electrons. The average Bonchev–Trinajstić information content (AvgIpc) is 2.81. The largest absolute Gasteiger partial charge is 0.497 e. The summed E-state index contributed by atoms with van der Waals surface area (Å²) < 4.78 is 29.7. The minimum Gasteiger partial charge on any atom is -0.497 e. The molecular weight excluding hydrogens is 403 g/mol. The van der Waals surface area contributed by atoms with E-state index < -0.39 is 5.82 Å². The van der Waals surface area contributed by atoms with Gasteiger partial charge in [-0.05, 0) is 42.5 Å². The van der Waals surface area contributed by atoms with Crippen molar-refractivity contribution >= 4 is 11.8 Å². The van der Waals surface area contributed by atoms with E-state index in [1.165, 1.54) is 18.2 Å². The highest BCUT2D eigenvalue weighted by Crippen LogP contribution is 2.16. The molecule has 8 heteroatoms. The molecular formula is C23H27FN2O5. The van der Waals surface area contributed by atoms with Gasteiger partial charge >= 0.3 is 0 Å². The molecule has 0 aromatic heterocycles. The number of methoxy groups -OCH3 is 2. The first-order chi connectivity index (χ1) is 15.0. The van der Waals surface area contributed by atoms with Gasteiger partial charge in [0.15, 0.2) is 0 Å². The number of nitrogens with zero attached hydrogens (tertiary/aromatic N) is 2. The van der Waals surface area contributed by atoms with E-state index in [2.05, 4.69) is 0 Å². The van der Waals surface area contributed by atoms with Crippen LogP contribution in [0, 0.1) is 5.82 Å². The summed E-state index contributed by atoms with van der Waals surface area (Å²) in [5.41, 5.74) is 0.826. The smallest absolute Gasteiger partial charge is 0.254 e. The second-order valence-corrected chi connectivity index (χ2v) is 7.23. The Morgan fingerprint density at radius 1 is 1.16 bits per heavy atom. The predicted octanol–water partition coefficient (Wildman–Crippen LogP) is 2.46. The minimum absolute atomic E-state index is 0.101. The van der Waals surface area contributed by atoms with E-state index in [0.717, 1.165) is 0 Å². The molecule has 3 rings (SSSR count). The summed E-state index contributed by atoms with van der Waals surface area (Å²) >= 11 is 0. The van der Waals surface area contributed by atoms with Crippen LogP contribution in [0.1, 0.15) is 20.7 Å². The number of ether oxygens (including phenoxy) is 3. The van der Waals surface area contributed by atoms with Gasteiger partial charge in [0.1, 0.15) is 11.6 Å². The summed E-state index contributed by atoms with van der Waals surface area (Å²) in [5, 5.41) is 0. The van der Waals surface area contributed by atoms with Crippen LogP contribution < -0.4 is 4.74 Å². The number of rotatable bonds is 8. The normalized spacial score (nSPS) is 16.1. The zero-order chi connectivity index (χ0) is 22.2. The average molecular weight is 430 g/mol. The van der Waals surface area contributed by atoms with Gasteiger partial charge in [0.25, 0.3) is 11.8 Å². The fourth-order valence-corrected chi connectivity index (χ4v) is 3.46. The molecule has 2 aromatic carbocycles. The summed E-state index contributed by atoms with van der Waals surface area (Å²) in [6, 6.07) is 12.5. The van der Waals surface area contributed by atoms with E-state index in [1.807, 2.05) is 0 Å². The van der Waals surface area contributed by atoms with Gasteiger partial charge in [-0.2, -0.15) is 0 Å². The number of amides is 2. The number of benzene rings is 2. The molecule has 0 saturated carbocycles. The SMILES string of the molecule is COCCN(CC1CN(C(=O)c2ccc(OC)cc2)CCO1)C(=O)c1cccc(F)c1. The van der Waals surface area contributed by atoms with Crippen molar-refractivity contribution in [1.82, 2.24) is 9.80 Å². The van der Waals surface area contributed by atoms with Crippen LogP contribution in [0.15, 0.2) is 48.5 Å². The molecule has 1 aliphatic rings. The van der Waals surface area contributed by atoms with Gasteiger partial charge < -0.3 is 24.0 Å². The van der Waals surface area contributed by atoms with Gasteiger partial charge in [0.2, 0.25) is 0 Å². The summed E-state index contributed by atoms with van der Waals surface area (Å²) in [7, 11) is 3.13. The molecule has 0 aliphatic carbocycles. The fourth-order valence-electron chi connectivity index (χ4n) is 3.46. The number of hydrogen-bond acceptors (Lipinski definition) is 5. The Bertz CT molecular complexity index is 890. The van der Waals surface area contributed by atoms with Gasteiger partial charge in [-0.3, -0.25) is 9.59 Å². The van der Waals surface area contributed by atoms with Crippen molar-refractivity contribution in [2.45, 2.75) is 6.10 Å². The summed E-state index contributed by atoms with van der Waals surface area (Å²) in [5.74, 6) is -0.196. The zero-order valence-corrected chi connectivity index (χ0v) is 17.8. The van der Waals surface area contributed by atoms with Crippen molar-refractivity contribution in [1.29, 1.82) is 0 Å². The van der Waals surface area contributed by atoms with Crippen molar-refractivity contribution in [2.24, 2.45) is 0 Å². The van der Waals surface area contributed by atoms with Crippen LogP contribution in [0.25, 0.3) is 0 Å². The molecule has 0 bridgehead atoms. The lowest BCUT2D eigenvalue weighted by molar-refractivity contribution is -0.0347. The predicted molar refractivity (Wildman–Crippen MR) is 113 cm³/mol. The quantitative estimate of drug-likeness (QED) is 0.644. The van der Waals surface area contributed by atoms with E-state index in [-0.39, 0.29) is 30.0 Å². The molecule has 1 aliphatic heterocycles. The van der Waals surface area contributed by atoms with Crippen molar-refractivity contribution in [3.8, 4) is 5.75 Å². The number of morpholine rings is 1. The Balaban J connectivity index is 1.67. The number of halogens is 1. The van der Waals surface area contributed by atoms with E-state index in [0.29, 0.717) is 44.2 Å². The third-order valence-corrected chi connectivity index (χ3v) is 5.11. The molecule has 1 saturated heterocycles. The first kappa shape index (κ1) is 22.7. The van der Waals surface area contributed by atoms with Gasteiger partial charge in [0, 0.05) is 44.4 Å². The van der Waals surface area contributed by atoms with Crippen LogP contribution in [-0.2, 0) is 9.47 Å². The Kier molecular flexibility index (Phi) is 7.97. The van der Waals surface area contributed by atoms with E-state index >= 15 is 0 Å². The molecule has 2 aromatic rings. The molecule has 31 heavy (non-hydrogen) atoms. The van der Waals surface area contributed by atoms with Gasteiger partial charge in [-0.25, -0.2) is 4.39 Å². The monoisotopic (exact) mass is 430 g/mol. The lowest BCUT2D eigenvalue weighted by Gasteiger charge is -2.36. The molecule has 0 spiro atoms. The molecule has 1 atom stereocenters. The van der Waals surface area contributed by atoms with Crippen molar-refractivity contribution in [3.63, 3.8) is 0 Å². The summed E-state index contributed by atoms with van der Waals surface area (Å²) in [6.45, 7) is 2.13. The van der Waals surface area contributed by atoms with Crippen LogP contribution in [0.4, 0.5) is 4.39 Å². The minimum atomic E-state index is -0.470. The highest BCUT2D eigenvalue weighted by atomic mass is 19.1. The van der Waals surface area contributed by atoms with Crippen LogP contribution in [-0.4, -0.2) is 81.3 Å². The van der Waals surface area contributed by atoms with E-state index in [9.17, 15) is 14.0 Å². The van der Waals surface area contributed by atoms with Crippen LogP contribution >= 0.6 is 0 Å². The Morgan fingerprint density at radius 2 is 1.94 bits per heavy atom. The summed E-state index contributed by atoms with van der Waals surface area (Å²) in [6.07, 6.45) is -0.356. The molecule has 1 unspecified atom stereocenters. The maximum Gasteiger partial charge on any atom is 0.254 e. The third-order valence-electron chi connectivity index (χ3n) is 5.11. The zero-order valence-electron chi connectivity index (χ0n) is 17.8. The van der Waals surface area contributed by atoms with Crippen molar-refractivity contribution < 1.29 is 28.2 Å². The van der Waals surface area contributed by atoms with Crippen LogP contribution in [0.3, 0.4) is 0 Å². The van der Waals surface area contributed by atoms with Crippen LogP contribution in [0.2, 0.25) is 0 Å². The van der Waals surface area contributed by atoms with Gasteiger partial charge in [-0.1, -0.05) is 6.07 Å². The highest BCUT2D eigenvalue weighted by molar-refractivity contribution is 5.95. The van der Waals surface area contributed by atoms with E-state index in [4.69, 9.17) is 14.2 Å². The lowest BCUT2D eigenvalue weighted by atomic mass is 10.1. The number of hydrogen-bond donors (Lipinski definition) is 0. The van der Waals surface area contributed by atoms with Crippen molar-refractivity contribution in [2.75, 3.05) is 53.6 Å². The van der Waals surface area contributed by atoms with Crippen LogP contribution in [0.5, 0.6) is 5.75 Å². The van der Waals surface area contributed by atoms with Crippen molar-refractivity contribution in [3.05, 3.63) is 65.5 Å². The molecule has 2 amide bonds. The number of carbonyl (C=O) groups is 2. The second-order valence-electron chi connectivity index (χ2n) is 7.23. The maximum absolute atomic E-state index is 13.6. The van der Waals surface area contributed by atoms with Gasteiger partial charge in [0.05, 0.1) is 26.4 Å². The standard InChI is InChI=1S/C23H27FN2O5/c1-29-12-10-25(23(28)18-4-3-5-19(24)14-18)15-21-16-26(11-13-31-21)22(27)17-6-8-20(30-2)9-7-17/h3-9,14,21H,10-13,15-16H2,1-2H3. The lowest BCUT2D eigenvalue weighted by Crippen LogP contribution is -2.51. The topological polar surface area (TPSA) is 68.3 Å². The first-order valence-electron chi connectivity index (χ1n) is 10.1. The molecule has 7 nitrogen and oxygen atoms in total. The second kappa shape index (κ2) is 10.9. The molecule has 166 valence electrons. The third kappa shape index (κ3) is 6.02. The first-order valence-corrected chi connectivity index (χ1v) is 10.1.